The molecule has 1 atom stereocenters. The minimum atomic E-state index is -1.01. The molecule has 40 heavy (non-hydrogen) atoms. The fourth-order valence-electron chi connectivity index (χ4n) is 3.48. The van der Waals surface area contributed by atoms with Gasteiger partial charge in [-0.15, -0.1) is 0 Å². The second kappa shape index (κ2) is 13.9. The third kappa shape index (κ3) is 7.87. The molecule has 0 bridgehead atoms. The molecule has 3 aromatic carbocycles. The van der Waals surface area contributed by atoms with E-state index in [1.165, 1.54) is 11.0 Å². The van der Waals surface area contributed by atoms with Crippen LogP contribution >= 0.6 is 11.6 Å². The number of hydrogen-bond acceptors (Lipinski definition) is 7. The van der Waals surface area contributed by atoms with Crippen LogP contribution in [0, 0.1) is 5.41 Å². The van der Waals surface area contributed by atoms with Crippen molar-refractivity contribution in [1.29, 1.82) is 5.41 Å². The molecule has 0 heterocycles. The predicted molar refractivity (Wildman–Crippen MR) is 153 cm³/mol. The number of amides is 3. The van der Waals surface area contributed by atoms with Crippen LogP contribution in [0.25, 0.3) is 0 Å². The summed E-state index contributed by atoms with van der Waals surface area (Å²) < 4.78 is 11.4. The van der Waals surface area contributed by atoms with Crippen molar-refractivity contribution in [3.05, 3.63) is 88.4 Å². The second-order valence-corrected chi connectivity index (χ2v) is 9.11. The summed E-state index contributed by atoms with van der Waals surface area (Å²) in [5, 5.41) is 11.0. The molecule has 0 aliphatic heterocycles. The topological polar surface area (TPSA) is 159 Å². The number of nitrogens with zero attached hydrogens (tertiary/aromatic N) is 1. The van der Waals surface area contributed by atoms with Crippen molar-refractivity contribution in [2.24, 2.45) is 5.73 Å². The van der Waals surface area contributed by atoms with Crippen molar-refractivity contribution in [3.8, 4) is 11.5 Å². The summed E-state index contributed by atoms with van der Waals surface area (Å²) in [5.74, 6) is -0.833. The van der Waals surface area contributed by atoms with Gasteiger partial charge in [-0.25, -0.2) is 0 Å². The number of benzene rings is 3. The maximum Gasteiger partial charge on any atom is 0.271 e. The van der Waals surface area contributed by atoms with Crippen molar-refractivity contribution < 1.29 is 23.9 Å². The van der Waals surface area contributed by atoms with Crippen molar-refractivity contribution in [2.75, 3.05) is 32.6 Å². The number of carbonyl (C=O) groups excluding carboxylic acids is 3. The number of ether oxygens (including phenoxy) is 2. The predicted octanol–water partition coefficient (Wildman–Crippen LogP) is 3.10. The highest BCUT2D eigenvalue weighted by molar-refractivity contribution is 6.33. The van der Waals surface area contributed by atoms with E-state index in [4.69, 9.17) is 32.2 Å². The van der Waals surface area contributed by atoms with Crippen LogP contribution in [0.5, 0.6) is 11.5 Å². The zero-order valence-electron chi connectivity index (χ0n) is 22.3. The molecule has 12 heteroatoms. The zero-order valence-corrected chi connectivity index (χ0v) is 23.0. The van der Waals surface area contributed by atoms with E-state index in [1.54, 1.807) is 81.7 Å². The van der Waals surface area contributed by atoms with E-state index < -0.39 is 17.9 Å². The van der Waals surface area contributed by atoms with E-state index in [2.05, 4.69) is 16.2 Å². The first-order chi connectivity index (χ1) is 19.1. The van der Waals surface area contributed by atoms with E-state index in [0.717, 1.165) is 0 Å². The van der Waals surface area contributed by atoms with Crippen LogP contribution in [0.3, 0.4) is 0 Å². The Bertz CT molecular complexity index is 1380. The normalized spacial score (nSPS) is 11.1. The van der Waals surface area contributed by atoms with Crippen molar-refractivity contribution in [2.45, 2.75) is 13.0 Å². The molecule has 3 aromatic rings. The second-order valence-electron chi connectivity index (χ2n) is 8.71. The summed E-state index contributed by atoms with van der Waals surface area (Å²) in [4.78, 5) is 39.4. The molecule has 1 unspecified atom stereocenters. The highest BCUT2D eigenvalue weighted by Crippen LogP contribution is 2.32. The largest absolute Gasteiger partial charge is 0.490 e. The van der Waals surface area contributed by atoms with Crippen LogP contribution in [0.4, 0.5) is 5.69 Å². The van der Waals surface area contributed by atoms with Gasteiger partial charge in [0, 0.05) is 25.3 Å². The van der Waals surface area contributed by atoms with Gasteiger partial charge in [0.15, 0.2) is 18.1 Å². The van der Waals surface area contributed by atoms with Gasteiger partial charge in [0.05, 0.1) is 17.2 Å². The number of rotatable bonds is 11. The number of anilines is 1. The maximum atomic E-state index is 13.4. The molecule has 0 aliphatic carbocycles. The van der Waals surface area contributed by atoms with E-state index >= 15 is 0 Å². The van der Waals surface area contributed by atoms with Crippen LogP contribution in [-0.2, 0) is 9.59 Å². The van der Waals surface area contributed by atoms with Crippen LogP contribution < -0.4 is 31.4 Å². The van der Waals surface area contributed by atoms with Crippen LogP contribution in [0.15, 0.2) is 66.7 Å². The van der Waals surface area contributed by atoms with E-state index in [-0.39, 0.29) is 28.9 Å². The molecule has 11 nitrogen and oxygen atoms in total. The molecular weight excluding hydrogens is 536 g/mol. The summed E-state index contributed by atoms with van der Waals surface area (Å²) in [6, 6.07) is 16.9. The average Bonchev–Trinajstić information content (AvgIpc) is 2.94. The Morgan fingerprint density at radius 3 is 2.30 bits per heavy atom. The molecule has 0 radical (unpaired) electrons. The van der Waals surface area contributed by atoms with Crippen molar-refractivity contribution in [3.63, 3.8) is 0 Å². The first-order valence-corrected chi connectivity index (χ1v) is 12.6. The van der Waals surface area contributed by atoms with E-state index in [1.807, 2.05) is 0 Å². The molecule has 0 saturated carbocycles. The number of amidine groups is 1. The third-order valence-electron chi connectivity index (χ3n) is 5.64. The Kier molecular flexibility index (Phi) is 10.3. The lowest BCUT2D eigenvalue weighted by atomic mass is 10.0. The van der Waals surface area contributed by atoms with Gasteiger partial charge in [-0.2, -0.15) is 0 Å². The third-order valence-corrected chi connectivity index (χ3v) is 5.97. The standard InChI is InChI=1S/C28H31ClN6O5/c1-4-39-23-15-18(11-14-22(23)40-16-24(36)35(2)3)25(32-19-12-9-17(10-13-19)26(30)31)28(38)34-33-27(37)20-7-5-6-8-21(20)29/h5-15,25,32H,4,16H2,1-3H3,(H3,30,31)(H,33,37)(H,34,38). The Morgan fingerprint density at radius 2 is 1.68 bits per heavy atom. The lowest BCUT2D eigenvalue weighted by Gasteiger charge is -2.22. The van der Waals surface area contributed by atoms with Crippen LogP contribution in [0.1, 0.15) is 34.5 Å². The van der Waals surface area contributed by atoms with Gasteiger partial charge in [-0.3, -0.25) is 30.6 Å². The highest BCUT2D eigenvalue weighted by Gasteiger charge is 2.24. The Morgan fingerprint density at radius 1 is 0.975 bits per heavy atom. The van der Waals surface area contributed by atoms with Crippen LogP contribution in [-0.4, -0.2) is 55.8 Å². The highest BCUT2D eigenvalue weighted by atomic mass is 35.5. The molecule has 0 aromatic heterocycles. The van der Waals surface area contributed by atoms with E-state index in [0.29, 0.717) is 34.9 Å². The maximum absolute atomic E-state index is 13.4. The van der Waals surface area contributed by atoms with Gasteiger partial charge in [0.1, 0.15) is 11.9 Å². The molecule has 3 rings (SSSR count). The summed E-state index contributed by atoms with van der Waals surface area (Å²) in [6.07, 6.45) is 0. The number of nitrogens with one attached hydrogen (secondary N) is 4. The summed E-state index contributed by atoms with van der Waals surface area (Å²) in [5.41, 5.74) is 12.1. The molecule has 6 N–H and O–H groups in total. The first-order valence-electron chi connectivity index (χ1n) is 12.3. The van der Waals surface area contributed by atoms with Crippen molar-refractivity contribution in [1.82, 2.24) is 15.8 Å². The Balaban J connectivity index is 1.89. The molecule has 3 amide bonds. The van der Waals surface area contributed by atoms with Gasteiger partial charge in [0.25, 0.3) is 17.7 Å². The van der Waals surface area contributed by atoms with Gasteiger partial charge >= 0.3 is 0 Å². The monoisotopic (exact) mass is 566 g/mol. The number of carbonyl (C=O) groups is 3. The molecule has 0 fully saturated rings. The van der Waals surface area contributed by atoms with E-state index in [9.17, 15) is 14.4 Å². The SMILES string of the molecule is CCOc1cc(C(Nc2ccc(C(=N)N)cc2)C(=O)NNC(=O)c2ccccc2Cl)ccc1OCC(=O)N(C)C. The number of nitrogen functional groups attached to an aromatic ring is 1. The summed E-state index contributed by atoms with van der Waals surface area (Å²) >= 11 is 6.10. The number of hydrazine groups is 1. The molecule has 210 valence electrons. The Labute approximate surface area is 237 Å². The zero-order chi connectivity index (χ0) is 29.2. The minimum absolute atomic E-state index is 0.0900. The minimum Gasteiger partial charge on any atom is -0.490 e. The smallest absolute Gasteiger partial charge is 0.271 e. The number of hydrogen-bond donors (Lipinski definition) is 5. The van der Waals surface area contributed by atoms with Crippen LogP contribution in [0.2, 0.25) is 5.02 Å². The molecule has 0 spiro atoms. The lowest BCUT2D eigenvalue weighted by Crippen LogP contribution is -2.45. The first kappa shape index (κ1) is 29.8. The quantitative estimate of drug-likeness (QED) is 0.135. The average molecular weight is 567 g/mol. The van der Waals surface area contributed by atoms with Gasteiger partial charge in [0.2, 0.25) is 0 Å². The van der Waals surface area contributed by atoms with Gasteiger partial charge in [-0.05, 0) is 61.0 Å². The fourth-order valence-corrected chi connectivity index (χ4v) is 3.70. The fraction of sp³-hybridized carbons (Fsp3) is 0.214. The number of likely N-dealkylation sites (N-methyl/N-ethyl adjacent to an activating group) is 1. The molecule has 0 saturated heterocycles. The number of halogens is 1. The van der Waals surface area contributed by atoms with Gasteiger partial charge in [-0.1, -0.05) is 29.8 Å². The summed E-state index contributed by atoms with van der Waals surface area (Å²) in [7, 11) is 3.25. The lowest BCUT2D eigenvalue weighted by molar-refractivity contribution is -0.130. The summed E-state index contributed by atoms with van der Waals surface area (Å²) in [6.45, 7) is 1.92. The number of nitrogens with two attached hydrogens (primary N) is 1. The van der Waals surface area contributed by atoms with Crippen molar-refractivity contribution >= 4 is 40.8 Å². The van der Waals surface area contributed by atoms with Gasteiger partial charge < -0.3 is 25.4 Å². The molecular formula is C28H31ClN6O5. The molecule has 0 aliphatic rings. The Hall–Kier alpha value is -4.77.